The van der Waals surface area contributed by atoms with E-state index in [-0.39, 0.29) is 6.04 Å². The Morgan fingerprint density at radius 2 is 2.05 bits per heavy atom. The van der Waals surface area contributed by atoms with Gasteiger partial charge < -0.3 is 0 Å². The average molecular weight is 351 g/mol. The summed E-state index contributed by atoms with van der Waals surface area (Å²) < 4.78 is 3.12. The van der Waals surface area contributed by atoms with Gasteiger partial charge in [-0.15, -0.1) is 0 Å². The highest BCUT2D eigenvalue weighted by Gasteiger charge is 2.19. The van der Waals surface area contributed by atoms with Gasteiger partial charge in [0.05, 0.1) is 21.9 Å². The SMILES string of the molecule is CCc1ccccc1C(Cc1c(Br)c(C)nn1CC)NN. The van der Waals surface area contributed by atoms with Crippen LogP contribution in [0.25, 0.3) is 0 Å². The zero-order chi connectivity index (χ0) is 15.4. The van der Waals surface area contributed by atoms with Crippen LogP contribution in [-0.4, -0.2) is 9.78 Å². The third-order valence-electron chi connectivity index (χ3n) is 3.86. The normalized spacial score (nSPS) is 12.6. The summed E-state index contributed by atoms with van der Waals surface area (Å²) in [6.45, 7) is 7.15. The standard InChI is InChI=1S/C16H23BrN4/c1-4-12-8-6-7-9-13(12)14(19-18)10-15-16(17)11(3)20-21(15)5-2/h6-9,14,19H,4-5,10,18H2,1-3H3. The molecule has 0 aliphatic rings. The van der Waals surface area contributed by atoms with Crippen LogP contribution in [0.4, 0.5) is 0 Å². The highest BCUT2D eigenvalue weighted by Crippen LogP contribution is 2.27. The lowest BCUT2D eigenvalue weighted by atomic mass is 9.96. The first-order valence-electron chi connectivity index (χ1n) is 7.38. The molecule has 0 fully saturated rings. The summed E-state index contributed by atoms with van der Waals surface area (Å²) in [6, 6.07) is 8.54. The monoisotopic (exact) mass is 350 g/mol. The second kappa shape index (κ2) is 7.20. The Morgan fingerprint density at radius 3 is 2.67 bits per heavy atom. The molecule has 0 saturated heterocycles. The molecule has 0 saturated carbocycles. The van der Waals surface area contributed by atoms with Crippen molar-refractivity contribution in [3.63, 3.8) is 0 Å². The lowest BCUT2D eigenvalue weighted by Crippen LogP contribution is -2.31. The molecule has 0 radical (unpaired) electrons. The summed E-state index contributed by atoms with van der Waals surface area (Å²) >= 11 is 3.66. The number of hydrogen-bond donors (Lipinski definition) is 2. The zero-order valence-corrected chi connectivity index (χ0v) is 14.4. The first kappa shape index (κ1) is 16.2. The molecule has 0 bridgehead atoms. The maximum absolute atomic E-state index is 5.83. The number of nitrogens with two attached hydrogens (primary N) is 1. The van der Waals surface area contributed by atoms with E-state index < -0.39 is 0 Å². The van der Waals surface area contributed by atoms with Crippen molar-refractivity contribution in [2.75, 3.05) is 0 Å². The second-order valence-electron chi connectivity index (χ2n) is 5.14. The molecule has 21 heavy (non-hydrogen) atoms. The molecular formula is C16H23BrN4. The third-order valence-corrected chi connectivity index (χ3v) is 4.89. The van der Waals surface area contributed by atoms with E-state index in [1.807, 2.05) is 11.6 Å². The van der Waals surface area contributed by atoms with Gasteiger partial charge in [-0.2, -0.15) is 5.10 Å². The van der Waals surface area contributed by atoms with Crippen molar-refractivity contribution in [3.05, 3.63) is 51.3 Å². The minimum atomic E-state index is 0.0823. The number of hydrogen-bond acceptors (Lipinski definition) is 3. The Balaban J connectivity index is 2.36. The number of nitrogens with zero attached hydrogens (tertiary/aromatic N) is 2. The van der Waals surface area contributed by atoms with E-state index in [2.05, 4.69) is 64.6 Å². The predicted octanol–water partition coefficient (Wildman–Crippen LogP) is 3.28. The third kappa shape index (κ3) is 3.36. The topological polar surface area (TPSA) is 55.9 Å². The van der Waals surface area contributed by atoms with Crippen molar-refractivity contribution in [2.45, 2.75) is 46.2 Å². The number of hydrazine groups is 1. The molecule has 0 amide bonds. The van der Waals surface area contributed by atoms with E-state index in [9.17, 15) is 0 Å². The van der Waals surface area contributed by atoms with Crippen molar-refractivity contribution >= 4 is 15.9 Å². The van der Waals surface area contributed by atoms with E-state index in [0.717, 1.165) is 29.6 Å². The zero-order valence-electron chi connectivity index (χ0n) is 12.9. The van der Waals surface area contributed by atoms with Crippen molar-refractivity contribution in [1.82, 2.24) is 15.2 Å². The Hall–Kier alpha value is -1.17. The first-order chi connectivity index (χ1) is 10.1. The van der Waals surface area contributed by atoms with E-state index in [1.165, 1.54) is 16.8 Å². The van der Waals surface area contributed by atoms with Crippen LogP contribution in [0, 0.1) is 6.92 Å². The predicted molar refractivity (Wildman–Crippen MR) is 89.9 cm³/mol. The average Bonchev–Trinajstić information content (AvgIpc) is 2.79. The molecule has 0 aliphatic carbocycles. The summed E-state index contributed by atoms with van der Waals surface area (Å²) in [4.78, 5) is 0. The molecule has 0 spiro atoms. The molecule has 1 aromatic carbocycles. The minimum Gasteiger partial charge on any atom is -0.271 e. The van der Waals surface area contributed by atoms with Crippen molar-refractivity contribution in [1.29, 1.82) is 0 Å². The van der Waals surface area contributed by atoms with Crippen LogP contribution in [0.5, 0.6) is 0 Å². The van der Waals surface area contributed by atoms with Crippen LogP contribution in [0.15, 0.2) is 28.7 Å². The molecular weight excluding hydrogens is 328 g/mol. The van der Waals surface area contributed by atoms with Gasteiger partial charge in [0.25, 0.3) is 0 Å². The van der Waals surface area contributed by atoms with Crippen LogP contribution in [0.2, 0.25) is 0 Å². The minimum absolute atomic E-state index is 0.0823. The largest absolute Gasteiger partial charge is 0.271 e. The quantitative estimate of drug-likeness (QED) is 0.620. The number of benzene rings is 1. The number of nitrogens with one attached hydrogen (secondary N) is 1. The molecule has 3 N–H and O–H groups in total. The van der Waals surface area contributed by atoms with Crippen LogP contribution in [0.1, 0.15) is 42.4 Å². The van der Waals surface area contributed by atoms with Crippen molar-refractivity contribution in [3.8, 4) is 0 Å². The Kier molecular flexibility index (Phi) is 5.56. The van der Waals surface area contributed by atoms with Gasteiger partial charge in [0, 0.05) is 13.0 Å². The smallest absolute Gasteiger partial charge is 0.0738 e. The number of aryl methyl sites for hydroxylation is 3. The van der Waals surface area contributed by atoms with Gasteiger partial charge in [-0.05, 0) is 47.3 Å². The summed E-state index contributed by atoms with van der Waals surface area (Å²) in [5, 5.41) is 4.55. The molecule has 2 aromatic rings. The Bertz CT molecular complexity index is 606. The molecule has 5 heteroatoms. The van der Waals surface area contributed by atoms with E-state index >= 15 is 0 Å². The highest BCUT2D eigenvalue weighted by atomic mass is 79.9. The lowest BCUT2D eigenvalue weighted by molar-refractivity contribution is 0.513. The van der Waals surface area contributed by atoms with Gasteiger partial charge in [0.2, 0.25) is 0 Å². The fourth-order valence-corrected chi connectivity index (χ4v) is 3.16. The maximum Gasteiger partial charge on any atom is 0.0738 e. The van der Waals surface area contributed by atoms with Crippen molar-refractivity contribution < 1.29 is 0 Å². The Morgan fingerprint density at radius 1 is 1.33 bits per heavy atom. The number of rotatable bonds is 6. The van der Waals surface area contributed by atoms with Gasteiger partial charge >= 0.3 is 0 Å². The van der Waals surface area contributed by atoms with Gasteiger partial charge in [0.1, 0.15) is 0 Å². The van der Waals surface area contributed by atoms with Crippen molar-refractivity contribution in [2.24, 2.45) is 5.84 Å². The molecule has 1 unspecified atom stereocenters. The molecule has 4 nitrogen and oxygen atoms in total. The molecule has 1 atom stereocenters. The Labute approximate surface area is 134 Å². The van der Waals surface area contributed by atoms with E-state index in [1.54, 1.807) is 0 Å². The van der Waals surface area contributed by atoms with Gasteiger partial charge in [-0.25, -0.2) is 0 Å². The summed E-state index contributed by atoms with van der Waals surface area (Å²) in [5.74, 6) is 5.83. The molecule has 0 aliphatic heterocycles. The van der Waals surface area contributed by atoms with Gasteiger partial charge in [-0.3, -0.25) is 16.0 Å². The second-order valence-corrected chi connectivity index (χ2v) is 5.93. The fourth-order valence-electron chi connectivity index (χ4n) is 2.71. The number of halogens is 1. The van der Waals surface area contributed by atoms with Crippen LogP contribution < -0.4 is 11.3 Å². The van der Waals surface area contributed by atoms with Crippen LogP contribution in [0.3, 0.4) is 0 Å². The van der Waals surface area contributed by atoms with E-state index in [0.29, 0.717) is 0 Å². The highest BCUT2D eigenvalue weighted by molar-refractivity contribution is 9.10. The molecule has 1 heterocycles. The summed E-state index contributed by atoms with van der Waals surface area (Å²) in [5.41, 5.74) is 7.76. The maximum atomic E-state index is 5.83. The van der Waals surface area contributed by atoms with Crippen LogP contribution >= 0.6 is 15.9 Å². The lowest BCUT2D eigenvalue weighted by Gasteiger charge is -2.20. The number of aromatic nitrogens is 2. The summed E-state index contributed by atoms with van der Waals surface area (Å²) in [7, 11) is 0. The molecule has 114 valence electrons. The molecule has 2 rings (SSSR count). The first-order valence-corrected chi connectivity index (χ1v) is 8.17. The van der Waals surface area contributed by atoms with Gasteiger partial charge in [-0.1, -0.05) is 31.2 Å². The molecule has 1 aromatic heterocycles. The summed E-state index contributed by atoms with van der Waals surface area (Å²) in [6.07, 6.45) is 1.81. The van der Waals surface area contributed by atoms with Gasteiger partial charge in [0.15, 0.2) is 0 Å². The van der Waals surface area contributed by atoms with E-state index in [4.69, 9.17) is 5.84 Å². The fraction of sp³-hybridized carbons (Fsp3) is 0.438. The van der Waals surface area contributed by atoms with Crippen LogP contribution in [-0.2, 0) is 19.4 Å².